The number of aryl methyl sites for hydroxylation is 1. The zero-order valence-electron chi connectivity index (χ0n) is 11.6. The Balaban J connectivity index is 2.17. The van der Waals surface area contributed by atoms with E-state index in [0.29, 0.717) is 12.0 Å². The number of carboxylic acids is 1. The number of halogens is 2. The van der Waals surface area contributed by atoms with Crippen molar-refractivity contribution < 1.29 is 14.3 Å². The highest BCUT2D eigenvalue weighted by molar-refractivity contribution is 9.10. The van der Waals surface area contributed by atoms with E-state index in [0.717, 1.165) is 15.6 Å². The van der Waals surface area contributed by atoms with E-state index >= 15 is 0 Å². The third kappa shape index (κ3) is 4.39. The van der Waals surface area contributed by atoms with Crippen molar-refractivity contribution in [2.45, 2.75) is 19.8 Å². The van der Waals surface area contributed by atoms with Gasteiger partial charge in [0.2, 0.25) is 0 Å². The summed E-state index contributed by atoms with van der Waals surface area (Å²) in [6.45, 7) is 1.98. The van der Waals surface area contributed by atoms with E-state index in [1.807, 2.05) is 31.2 Å². The number of hydrogen-bond donors (Lipinski definition) is 1. The summed E-state index contributed by atoms with van der Waals surface area (Å²) in [4.78, 5) is 11.4. The van der Waals surface area contributed by atoms with Crippen molar-refractivity contribution in [3.63, 3.8) is 0 Å². The second-order valence-electron chi connectivity index (χ2n) is 5.16. The third-order valence-corrected chi connectivity index (χ3v) is 3.92. The van der Waals surface area contributed by atoms with Gasteiger partial charge in [0.25, 0.3) is 0 Å². The van der Waals surface area contributed by atoms with Gasteiger partial charge in [-0.25, -0.2) is 4.39 Å². The first-order chi connectivity index (χ1) is 9.95. The van der Waals surface area contributed by atoms with Gasteiger partial charge in [0.05, 0.1) is 5.92 Å². The molecule has 2 aromatic carbocycles. The summed E-state index contributed by atoms with van der Waals surface area (Å²) in [6.07, 6.45) is 0.566. The summed E-state index contributed by atoms with van der Waals surface area (Å²) < 4.78 is 14.5. The van der Waals surface area contributed by atoms with E-state index in [2.05, 4.69) is 15.9 Å². The van der Waals surface area contributed by atoms with Crippen molar-refractivity contribution in [2.75, 3.05) is 0 Å². The molecule has 4 heteroatoms. The van der Waals surface area contributed by atoms with Crippen molar-refractivity contribution in [3.05, 3.63) is 69.4 Å². The molecule has 0 saturated carbocycles. The van der Waals surface area contributed by atoms with Gasteiger partial charge >= 0.3 is 5.97 Å². The van der Waals surface area contributed by atoms with E-state index in [1.54, 1.807) is 12.1 Å². The van der Waals surface area contributed by atoms with Crippen LogP contribution in [0.4, 0.5) is 4.39 Å². The van der Waals surface area contributed by atoms with Crippen LogP contribution in [0.1, 0.15) is 16.7 Å². The zero-order valence-corrected chi connectivity index (χ0v) is 13.2. The number of benzene rings is 2. The summed E-state index contributed by atoms with van der Waals surface area (Å²) in [5.41, 5.74) is 2.50. The first-order valence-corrected chi connectivity index (χ1v) is 7.47. The van der Waals surface area contributed by atoms with E-state index in [9.17, 15) is 14.3 Å². The Morgan fingerprint density at radius 2 is 1.86 bits per heavy atom. The van der Waals surface area contributed by atoms with Crippen LogP contribution in [-0.4, -0.2) is 11.1 Å². The van der Waals surface area contributed by atoms with Gasteiger partial charge in [-0.05, 0) is 49.1 Å². The fraction of sp³-hybridized carbons (Fsp3) is 0.235. The van der Waals surface area contributed by atoms with Crippen molar-refractivity contribution >= 4 is 21.9 Å². The maximum Gasteiger partial charge on any atom is 0.307 e. The van der Waals surface area contributed by atoms with E-state index in [1.165, 1.54) is 6.07 Å². The summed E-state index contributed by atoms with van der Waals surface area (Å²) in [5.74, 6) is -1.92. The van der Waals surface area contributed by atoms with Gasteiger partial charge in [-0.15, -0.1) is 0 Å². The van der Waals surface area contributed by atoms with Crippen LogP contribution in [0, 0.1) is 18.7 Å². The monoisotopic (exact) mass is 350 g/mol. The standard InChI is InChI=1S/C17H16BrFO2/c1-11-2-4-12(5-3-11)8-14(17(20)21)9-13-10-15(18)6-7-16(13)19/h2-7,10,14H,8-9H2,1H3,(H,20,21). The van der Waals surface area contributed by atoms with Gasteiger partial charge < -0.3 is 5.11 Å². The molecule has 0 aliphatic heterocycles. The van der Waals surface area contributed by atoms with Crippen LogP contribution in [0.3, 0.4) is 0 Å². The molecule has 0 aromatic heterocycles. The maximum absolute atomic E-state index is 13.8. The van der Waals surface area contributed by atoms with E-state index in [4.69, 9.17) is 0 Å². The lowest BCUT2D eigenvalue weighted by atomic mass is 9.92. The Morgan fingerprint density at radius 3 is 2.48 bits per heavy atom. The second kappa shape index (κ2) is 6.85. The van der Waals surface area contributed by atoms with Crippen LogP contribution in [0.25, 0.3) is 0 Å². The smallest absolute Gasteiger partial charge is 0.307 e. The molecular formula is C17H16BrFO2. The molecule has 1 atom stereocenters. The molecule has 0 amide bonds. The average molecular weight is 351 g/mol. The van der Waals surface area contributed by atoms with Crippen molar-refractivity contribution in [2.24, 2.45) is 5.92 Å². The lowest BCUT2D eigenvalue weighted by Gasteiger charge is -2.13. The van der Waals surface area contributed by atoms with Gasteiger partial charge in [-0.1, -0.05) is 45.8 Å². The highest BCUT2D eigenvalue weighted by Crippen LogP contribution is 2.21. The summed E-state index contributed by atoms with van der Waals surface area (Å²) in [5, 5.41) is 9.38. The van der Waals surface area contributed by atoms with Gasteiger partial charge in [0, 0.05) is 4.47 Å². The summed E-state index contributed by atoms with van der Waals surface area (Å²) in [7, 11) is 0. The Kier molecular flexibility index (Phi) is 5.12. The number of aliphatic carboxylic acids is 1. The molecule has 0 aliphatic rings. The number of carboxylic acid groups (broad SMARTS) is 1. The van der Waals surface area contributed by atoms with Gasteiger partial charge in [-0.3, -0.25) is 4.79 Å². The fourth-order valence-corrected chi connectivity index (χ4v) is 2.63. The highest BCUT2D eigenvalue weighted by atomic mass is 79.9. The molecule has 110 valence electrons. The Morgan fingerprint density at radius 1 is 1.19 bits per heavy atom. The number of hydrogen-bond acceptors (Lipinski definition) is 1. The SMILES string of the molecule is Cc1ccc(CC(Cc2cc(Br)ccc2F)C(=O)O)cc1. The number of carbonyl (C=O) groups is 1. The van der Waals surface area contributed by atoms with Crippen molar-refractivity contribution in [1.29, 1.82) is 0 Å². The lowest BCUT2D eigenvalue weighted by Crippen LogP contribution is -2.19. The molecule has 0 heterocycles. The molecule has 2 nitrogen and oxygen atoms in total. The quantitative estimate of drug-likeness (QED) is 0.868. The van der Waals surface area contributed by atoms with Gasteiger partial charge in [-0.2, -0.15) is 0 Å². The lowest BCUT2D eigenvalue weighted by molar-refractivity contribution is -0.141. The second-order valence-corrected chi connectivity index (χ2v) is 6.08. The minimum absolute atomic E-state index is 0.175. The first kappa shape index (κ1) is 15.7. The van der Waals surface area contributed by atoms with Crippen LogP contribution < -0.4 is 0 Å². The molecule has 0 fully saturated rings. The highest BCUT2D eigenvalue weighted by Gasteiger charge is 2.20. The summed E-state index contributed by atoms with van der Waals surface area (Å²) in [6, 6.07) is 12.3. The molecule has 2 aromatic rings. The minimum Gasteiger partial charge on any atom is -0.481 e. The molecule has 1 N–H and O–H groups in total. The van der Waals surface area contributed by atoms with Gasteiger partial charge in [0.15, 0.2) is 0 Å². The van der Waals surface area contributed by atoms with Crippen LogP contribution in [0.15, 0.2) is 46.9 Å². The molecular weight excluding hydrogens is 335 g/mol. The largest absolute Gasteiger partial charge is 0.481 e. The molecule has 0 saturated heterocycles. The predicted octanol–water partition coefficient (Wildman–Crippen LogP) is 4.38. The predicted molar refractivity (Wildman–Crippen MR) is 83.8 cm³/mol. The Hall–Kier alpha value is -1.68. The Bertz CT molecular complexity index is 638. The third-order valence-electron chi connectivity index (χ3n) is 3.43. The molecule has 1 unspecified atom stereocenters. The first-order valence-electron chi connectivity index (χ1n) is 6.68. The molecule has 0 aliphatic carbocycles. The topological polar surface area (TPSA) is 37.3 Å². The van der Waals surface area contributed by atoms with Crippen molar-refractivity contribution in [1.82, 2.24) is 0 Å². The van der Waals surface area contributed by atoms with E-state index in [-0.39, 0.29) is 12.2 Å². The van der Waals surface area contributed by atoms with Crippen LogP contribution in [0.5, 0.6) is 0 Å². The molecule has 0 radical (unpaired) electrons. The molecule has 2 rings (SSSR count). The Labute approximate surface area is 131 Å². The molecule has 21 heavy (non-hydrogen) atoms. The van der Waals surface area contributed by atoms with E-state index < -0.39 is 11.9 Å². The zero-order chi connectivity index (χ0) is 15.4. The fourth-order valence-electron chi connectivity index (χ4n) is 2.22. The molecule has 0 bridgehead atoms. The molecule has 0 spiro atoms. The van der Waals surface area contributed by atoms with Crippen LogP contribution >= 0.6 is 15.9 Å². The summed E-state index contributed by atoms with van der Waals surface area (Å²) >= 11 is 3.28. The minimum atomic E-state index is -0.907. The van der Waals surface area contributed by atoms with Crippen LogP contribution in [-0.2, 0) is 17.6 Å². The van der Waals surface area contributed by atoms with Crippen LogP contribution in [0.2, 0.25) is 0 Å². The number of rotatable bonds is 5. The normalized spacial score (nSPS) is 12.1. The van der Waals surface area contributed by atoms with Crippen molar-refractivity contribution in [3.8, 4) is 0 Å². The average Bonchev–Trinajstić information content (AvgIpc) is 2.44. The van der Waals surface area contributed by atoms with Gasteiger partial charge in [0.1, 0.15) is 5.82 Å². The maximum atomic E-state index is 13.8.